The second kappa shape index (κ2) is 9.82. The first-order valence-electron chi connectivity index (χ1n) is 13.6. The third-order valence-corrected chi connectivity index (χ3v) is 8.03. The largest absolute Gasteiger partial charge is 0.473 e. The molecule has 7 rings (SSSR count). The minimum atomic E-state index is -0.720. The predicted molar refractivity (Wildman–Crippen MR) is 153 cm³/mol. The highest BCUT2D eigenvalue weighted by Gasteiger charge is 2.37. The number of anilines is 2. The Morgan fingerprint density at radius 1 is 0.579 bits per heavy atom. The molecule has 0 radical (unpaired) electrons. The quantitative estimate of drug-likeness (QED) is 0.348. The van der Waals surface area contributed by atoms with Crippen LogP contribution in [0.5, 0.6) is 5.75 Å². The summed E-state index contributed by atoms with van der Waals surface area (Å²) < 4.78 is 18.1. The van der Waals surface area contributed by atoms with Gasteiger partial charge in [-0.1, -0.05) is 54.6 Å². The molecule has 2 fully saturated rings. The summed E-state index contributed by atoms with van der Waals surface area (Å²) in [5.41, 5.74) is 5.09. The van der Waals surface area contributed by atoms with Gasteiger partial charge < -0.3 is 24.0 Å². The molecule has 0 spiro atoms. The maximum absolute atomic E-state index is 7.02. The Balaban J connectivity index is 1.30. The summed E-state index contributed by atoms with van der Waals surface area (Å²) in [6, 6.07) is 30.5. The summed E-state index contributed by atoms with van der Waals surface area (Å²) in [7, 11) is 0. The topological polar surface area (TPSA) is 34.2 Å². The minimum absolute atomic E-state index is 0.720. The van der Waals surface area contributed by atoms with E-state index in [1.54, 1.807) is 0 Å². The van der Waals surface area contributed by atoms with Crippen LogP contribution in [0.4, 0.5) is 11.4 Å². The lowest BCUT2D eigenvalue weighted by molar-refractivity contribution is 0.122. The molecule has 0 amide bonds. The zero-order chi connectivity index (χ0) is 25.4. The normalized spacial score (nSPS) is 18.7. The second-order valence-corrected chi connectivity index (χ2v) is 10.2. The van der Waals surface area contributed by atoms with Crippen LogP contribution in [0, 0.1) is 0 Å². The second-order valence-electron chi connectivity index (χ2n) is 10.2. The molecule has 0 N–H and O–H groups in total. The highest BCUT2D eigenvalue weighted by molar-refractivity contribution is 5.94. The zero-order valence-electron chi connectivity index (χ0n) is 21.5. The van der Waals surface area contributed by atoms with Gasteiger partial charge in [0.05, 0.1) is 26.4 Å². The molecule has 4 aromatic carbocycles. The predicted octanol–water partition coefficient (Wildman–Crippen LogP) is 5.86. The fraction of sp³-hybridized carbons (Fsp3) is 0.273. The molecule has 3 heterocycles. The van der Waals surface area contributed by atoms with Crippen molar-refractivity contribution < 1.29 is 14.2 Å². The van der Waals surface area contributed by atoms with Gasteiger partial charge in [0.15, 0.2) is 5.60 Å². The Labute approximate surface area is 223 Å². The molecule has 5 nitrogen and oxygen atoms in total. The van der Waals surface area contributed by atoms with E-state index in [4.69, 9.17) is 14.2 Å². The average molecular weight is 505 g/mol. The molecule has 0 bridgehead atoms. The van der Waals surface area contributed by atoms with Crippen LogP contribution in [0.25, 0.3) is 16.8 Å². The SMILES string of the molecule is C1=CC(c2ccc(N3CCOCC3)cc2)(c2ccc(N3CCOCC3)cc2)Oc2ccc3ccccc3c21. The van der Waals surface area contributed by atoms with E-state index in [1.807, 2.05) is 0 Å². The van der Waals surface area contributed by atoms with E-state index in [2.05, 4.69) is 107 Å². The van der Waals surface area contributed by atoms with Crippen LogP contribution in [0.1, 0.15) is 16.7 Å². The van der Waals surface area contributed by atoms with Gasteiger partial charge in [-0.3, -0.25) is 0 Å². The van der Waals surface area contributed by atoms with Crippen molar-refractivity contribution in [3.05, 3.63) is 108 Å². The van der Waals surface area contributed by atoms with Gasteiger partial charge in [0.2, 0.25) is 0 Å². The van der Waals surface area contributed by atoms with Gasteiger partial charge in [-0.05, 0) is 53.3 Å². The Hall–Kier alpha value is -3.80. The molecule has 192 valence electrons. The van der Waals surface area contributed by atoms with Crippen molar-refractivity contribution in [3.8, 4) is 5.75 Å². The molecule has 0 saturated carbocycles. The molecular weight excluding hydrogens is 472 g/mol. The standard InChI is InChI=1S/C33H32N2O3/c1-2-4-30-25(3-1)5-14-32-31(30)15-16-33(38-32,26-6-10-28(11-7-26)34-17-21-36-22-18-34)27-8-12-29(13-9-27)35-19-23-37-24-20-35/h1-16H,17-24H2. The molecule has 5 heteroatoms. The van der Waals surface area contributed by atoms with Crippen molar-refractivity contribution in [3.63, 3.8) is 0 Å². The van der Waals surface area contributed by atoms with Crippen LogP contribution in [-0.4, -0.2) is 52.6 Å². The summed E-state index contributed by atoms with van der Waals surface area (Å²) in [4.78, 5) is 4.77. The maximum atomic E-state index is 7.02. The first kappa shape index (κ1) is 23.3. The Bertz CT molecular complexity index is 1390. The molecule has 3 aliphatic rings. The van der Waals surface area contributed by atoms with Gasteiger partial charge in [0.25, 0.3) is 0 Å². The number of fused-ring (bicyclic) bond motifs is 3. The average Bonchev–Trinajstić information content (AvgIpc) is 3.02. The first-order chi connectivity index (χ1) is 18.8. The Morgan fingerprint density at radius 3 is 1.71 bits per heavy atom. The molecule has 2 saturated heterocycles. The maximum Gasteiger partial charge on any atom is 0.178 e. The molecule has 0 atom stereocenters. The van der Waals surface area contributed by atoms with Crippen LogP contribution in [0.3, 0.4) is 0 Å². The third-order valence-electron chi connectivity index (χ3n) is 8.03. The smallest absolute Gasteiger partial charge is 0.178 e. The number of hydrogen-bond acceptors (Lipinski definition) is 5. The zero-order valence-corrected chi connectivity index (χ0v) is 21.5. The number of hydrogen-bond donors (Lipinski definition) is 0. The van der Waals surface area contributed by atoms with E-state index >= 15 is 0 Å². The lowest BCUT2D eigenvalue weighted by atomic mass is 9.83. The monoisotopic (exact) mass is 504 g/mol. The van der Waals surface area contributed by atoms with E-state index in [-0.39, 0.29) is 0 Å². The summed E-state index contributed by atoms with van der Waals surface area (Å²) in [6.07, 6.45) is 4.47. The van der Waals surface area contributed by atoms with Crippen LogP contribution in [-0.2, 0) is 15.1 Å². The molecule has 0 aliphatic carbocycles. The number of ether oxygens (including phenoxy) is 3. The van der Waals surface area contributed by atoms with E-state index in [0.29, 0.717) is 0 Å². The van der Waals surface area contributed by atoms with Gasteiger partial charge in [-0.2, -0.15) is 0 Å². The first-order valence-corrected chi connectivity index (χ1v) is 13.6. The summed E-state index contributed by atoms with van der Waals surface area (Å²) in [5.74, 6) is 0.903. The fourth-order valence-corrected chi connectivity index (χ4v) is 5.90. The number of benzene rings is 4. The van der Waals surface area contributed by atoms with Crippen molar-refractivity contribution in [2.45, 2.75) is 5.60 Å². The van der Waals surface area contributed by atoms with Gasteiger partial charge in [0, 0.05) is 54.2 Å². The summed E-state index contributed by atoms with van der Waals surface area (Å²) >= 11 is 0. The number of morpholine rings is 2. The van der Waals surface area contributed by atoms with Crippen LogP contribution >= 0.6 is 0 Å². The molecule has 0 aromatic heterocycles. The van der Waals surface area contributed by atoms with Crippen molar-refractivity contribution in [1.29, 1.82) is 0 Å². The van der Waals surface area contributed by atoms with Crippen molar-refractivity contribution >= 4 is 28.2 Å². The van der Waals surface area contributed by atoms with E-state index in [9.17, 15) is 0 Å². The van der Waals surface area contributed by atoms with Crippen molar-refractivity contribution in [1.82, 2.24) is 0 Å². The molecule has 4 aromatic rings. The van der Waals surface area contributed by atoms with Gasteiger partial charge >= 0.3 is 0 Å². The van der Waals surface area contributed by atoms with Crippen LogP contribution < -0.4 is 14.5 Å². The lowest BCUT2D eigenvalue weighted by Crippen LogP contribution is -2.37. The summed E-state index contributed by atoms with van der Waals surface area (Å²) in [5, 5.41) is 2.43. The van der Waals surface area contributed by atoms with E-state index in [1.165, 1.54) is 22.1 Å². The third kappa shape index (κ3) is 4.12. The van der Waals surface area contributed by atoms with Crippen LogP contribution in [0.2, 0.25) is 0 Å². The van der Waals surface area contributed by atoms with Crippen molar-refractivity contribution in [2.24, 2.45) is 0 Å². The van der Waals surface area contributed by atoms with E-state index in [0.717, 1.165) is 75.0 Å². The fourth-order valence-electron chi connectivity index (χ4n) is 5.90. The highest BCUT2D eigenvalue weighted by Crippen LogP contribution is 2.44. The molecular formula is C33H32N2O3. The molecule has 0 unspecified atom stereocenters. The lowest BCUT2D eigenvalue weighted by Gasteiger charge is -2.37. The molecule has 3 aliphatic heterocycles. The van der Waals surface area contributed by atoms with Gasteiger partial charge in [0.1, 0.15) is 5.75 Å². The van der Waals surface area contributed by atoms with Gasteiger partial charge in [-0.15, -0.1) is 0 Å². The van der Waals surface area contributed by atoms with Crippen LogP contribution in [0.15, 0.2) is 91.0 Å². The van der Waals surface area contributed by atoms with Crippen molar-refractivity contribution in [2.75, 3.05) is 62.4 Å². The highest BCUT2D eigenvalue weighted by atomic mass is 16.5. The number of rotatable bonds is 4. The van der Waals surface area contributed by atoms with E-state index < -0.39 is 5.60 Å². The number of nitrogens with zero attached hydrogens (tertiary/aromatic N) is 2. The summed E-state index contributed by atoms with van der Waals surface area (Å²) in [6.45, 7) is 6.79. The van der Waals surface area contributed by atoms with Gasteiger partial charge in [-0.25, -0.2) is 0 Å². The Kier molecular flexibility index (Phi) is 6.03. The Morgan fingerprint density at radius 2 is 1.13 bits per heavy atom. The minimum Gasteiger partial charge on any atom is -0.473 e. The molecule has 38 heavy (non-hydrogen) atoms.